The molecule has 1 unspecified atom stereocenters. The minimum absolute atomic E-state index is 0.0168. The third-order valence-corrected chi connectivity index (χ3v) is 4.33. The van der Waals surface area contributed by atoms with E-state index >= 15 is 0 Å². The Hall–Kier alpha value is -3.55. The second-order valence-corrected chi connectivity index (χ2v) is 6.32. The molecule has 0 aliphatic carbocycles. The number of hydrogen-bond acceptors (Lipinski definition) is 5. The van der Waals surface area contributed by atoms with Crippen LogP contribution in [0.15, 0.2) is 53.6 Å². The van der Waals surface area contributed by atoms with Crippen LogP contribution in [0.25, 0.3) is 0 Å². The van der Waals surface area contributed by atoms with E-state index in [0.717, 1.165) is 11.3 Å². The fourth-order valence-electron chi connectivity index (χ4n) is 2.80. The summed E-state index contributed by atoms with van der Waals surface area (Å²) in [5, 5.41) is 14.5. The number of amides is 2. The van der Waals surface area contributed by atoms with Gasteiger partial charge in [0.2, 0.25) is 11.8 Å². The van der Waals surface area contributed by atoms with E-state index in [1.165, 1.54) is 30.5 Å². The Morgan fingerprint density at radius 1 is 1.22 bits per heavy atom. The summed E-state index contributed by atoms with van der Waals surface area (Å²) in [6.45, 7) is 2.27. The van der Waals surface area contributed by atoms with Gasteiger partial charge in [-0.15, -0.1) is 0 Å². The third-order valence-electron chi connectivity index (χ3n) is 4.33. The largest absolute Gasteiger partial charge is 0.312 e. The number of non-ortho nitro benzene ring substituents is 1. The van der Waals surface area contributed by atoms with Crippen LogP contribution in [0.1, 0.15) is 17.5 Å². The fraction of sp³-hybridized carbons (Fsp3) is 0.211. The lowest BCUT2D eigenvalue weighted by Gasteiger charge is -2.16. The maximum Gasteiger partial charge on any atom is 0.269 e. The zero-order chi connectivity index (χ0) is 19.4. The molecule has 1 atom stereocenters. The molecule has 0 bridgehead atoms. The van der Waals surface area contributed by atoms with Crippen LogP contribution in [0, 0.1) is 23.0 Å². The van der Waals surface area contributed by atoms with Gasteiger partial charge in [-0.2, -0.15) is 5.10 Å². The highest BCUT2D eigenvalue weighted by Gasteiger charge is 2.35. The zero-order valence-electron chi connectivity index (χ0n) is 14.7. The van der Waals surface area contributed by atoms with Gasteiger partial charge in [0.05, 0.1) is 17.1 Å². The summed E-state index contributed by atoms with van der Waals surface area (Å²) in [5.41, 5.74) is 4.90. The molecular formula is C19H18N4O4. The Morgan fingerprint density at radius 3 is 2.52 bits per heavy atom. The summed E-state index contributed by atoms with van der Waals surface area (Å²) < 4.78 is 0. The SMILES string of the molecule is Cc1ccc(N2CC(C(=O)N/N=C/c3ccc([N+](=O)[O-])cc3)CC2=O)cc1. The standard InChI is InChI=1S/C19H18N4O4/c1-13-2-6-16(7-3-13)22-12-15(10-18(22)24)19(25)21-20-11-14-4-8-17(9-5-14)23(26)27/h2-9,11,15H,10,12H2,1H3,(H,21,25)/b20-11+. The molecule has 0 spiro atoms. The predicted molar refractivity (Wildman–Crippen MR) is 100 cm³/mol. The number of carbonyl (C=O) groups is 2. The first kappa shape index (κ1) is 18.2. The van der Waals surface area contributed by atoms with Crippen LogP contribution in [0.4, 0.5) is 11.4 Å². The number of benzene rings is 2. The molecule has 1 aliphatic rings. The fourth-order valence-corrected chi connectivity index (χ4v) is 2.80. The molecule has 27 heavy (non-hydrogen) atoms. The minimum Gasteiger partial charge on any atom is -0.312 e. The zero-order valence-corrected chi connectivity index (χ0v) is 14.7. The Kier molecular flexibility index (Phi) is 5.25. The number of nitro benzene ring substituents is 1. The number of anilines is 1. The molecule has 1 heterocycles. The number of aryl methyl sites for hydroxylation is 1. The summed E-state index contributed by atoms with van der Waals surface area (Å²) in [6, 6.07) is 13.4. The quantitative estimate of drug-likeness (QED) is 0.498. The van der Waals surface area contributed by atoms with Gasteiger partial charge >= 0.3 is 0 Å². The number of hydrogen-bond donors (Lipinski definition) is 1. The third kappa shape index (κ3) is 4.35. The van der Waals surface area contributed by atoms with Gasteiger partial charge < -0.3 is 4.90 Å². The molecule has 8 nitrogen and oxygen atoms in total. The highest BCUT2D eigenvalue weighted by Crippen LogP contribution is 2.25. The van der Waals surface area contributed by atoms with Crippen molar-refractivity contribution in [2.45, 2.75) is 13.3 Å². The summed E-state index contributed by atoms with van der Waals surface area (Å²) in [7, 11) is 0. The van der Waals surface area contributed by atoms with Crippen molar-refractivity contribution >= 4 is 29.4 Å². The van der Waals surface area contributed by atoms with Gasteiger partial charge in [-0.3, -0.25) is 19.7 Å². The average Bonchev–Trinajstić information content (AvgIpc) is 3.04. The smallest absolute Gasteiger partial charge is 0.269 e. The van der Waals surface area contributed by atoms with Gasteiger partial charge in [0.1, 0.15) is 0 Å². The van der Waals surface area contributed by atoms with Crippen LogP contribution in [0.5, 0.6) is 0 Å². The van der Waals surface area contributed by atoms with Crippen molar-refractivity contribution in [2.75, 3.05) is 11.4 Å². The van der Waals surface area contributed by atoms with Gasteiger partial charge in [0.25, 0.3) is 5.69 Å². The number of nitrogens with zero attached hydrogens (tertiary/aromatic N) is 3. The number of carbonyl (C=O) groups excluding carboxylic acids is 2. The number of rotatable bonds is 5. The van der Waals surface area contributed by atoms with Gasteiger partial charge in [0, 0.05) is 30.8 Å². The van der Waals surface area contributed by atoms with Crippen molar-refractivity contribution < 1.29 is 14.5 Å². The normalized spacial score (nSPS) is 16.7. The molecule has 138 valence electrons. The van der Waals surface area contributed by atoms with E-state index in [0.29, 0.717) is 12.1 Å². The van der Waals surface area contributed by atoms with Crippen LogP contribution in [0.3, 0.4) is 0 Å². The second kappa shape index (κ2) is 7.77. The van der Waals surface area contributed by atoms with Crippen molar-refractivity contribution in [3.05, 3.63) is 69.8 Å². The molecule has 0 saturated carbocycles. The molecule has 1 aliphatic heterocycles. The van der Waals surface area contributed by atoms with E-state index in [9.17, 15) is 19.7 Å². The Morgan fingerprint density at radius 2 is 1.89 bits per heavy atom. The lowest BCUT2D eigenvalue weighted by Crippen LogP contribution is -2.30. The van der Waals surface area contributed by atoms with E-state index in [2.05, 4.69) is 10.5 Å². The van der Waals surface area contributed by atoms with E-state index in [1.807, 2.05) is 31.2 Å². The first-order valence-electron chi connectivity index (χ1n) is 8.38. The Labute approximate surface area is 155 Å². The lowest BCUT2D eigenvalue weighted by molar-refractivity contribution is -0.384. The molecule has 8 heteroatoms. The first-order valence-corrected chi connectivity index (χ1v) is 8.38. The van der Waals surface area contributed by atoms with Gasteiger partial charge in [-0.25, -0.2) is 5.43 Å². The van der Waals surface area contributed by atoms with Crippen LogP contribution < -0.4 is 10.3 Å². The van der Waals surface area contributed by atoms with Crippen LogP contribution in [-0.2, 0) is 9.59 Å². The molecule has 0 radical (unpaired) electrons. The molecule has 1 saturated heterocycles. The minimum atomic E-state index is -0.487. The second-order valence-electron chi connectivity index (χ2n) is 6.32. The molecule has 2 aromatic carbocycles. The number of nitrogens with one attached hydrogen (secondary N) is 1. The Balaban J connectivity index is 1.57. The highest BCUT2D eigenvalue weighted by molar-refractivity contribution is 6.00. The molecule has 3 rings (SSSR count). The lowest BCUT2D eigenvalue weighted by atomic mass is 10.1. The van der Waals surface area contributed by atoms with Crippen molar-refractivity contribution in [2.24, 2.45) is 11.0 Å². The van der Waals surface area contributed by atoms with E-state index in [4.69, 9.17) is 0 Å². The van der Waals surface area contributed by atoms with E-state index < -0.39 is 10.8 Å². The van der Waals surface area contributed by atoms with Gasteiger partial charge in [0.15, 0.2) is 0 Å². The molecule has 2 amide bonds. The van der Waals surface area contributed by atoms with Crippen LogP contribution >= 0.6 is 0 Å². The molecule has 1 fully saturated rings. The van der Waals surface area contributed by atoms with Crippen molar-refractivity contribution in [3.8, 4) is 0 Å². The van der Waals surface area contributed by atoms with Crippen molar-refractivity contribution in [1.29, 1.82) is 0 Å². The maximum absolute atomic E-state index is 12.3. The predicted octanol–water partition coefficient (Wildman–Crippen LogP) is 2.41. The van der Waals surface area contributed by atoms with Crippen LogP contribution in [-0.4, -0.2) is 29.5 Å². The van der Waals surface area contributed by atoms with Crippen molar-refractivity contribution in [3.63, 3.8) is 0 Å². The molecule has 2 aromatic rings. The van der Waals surface area contributed by atoms with E-state index in [-0.39, 0.29) is 23.9 Å². The maximum atomic E-state index is 12.3. The van der Waals surface area contributed by atoms with Gasteiger partial charge in [-0.1, -0.05) is 17.7 Å². The first-order chi connectivity index (χ1) is 12.9. The summed E-state index contributed by atoms with van der Waals surface area (Å²) >= 11 is 0. The monoisotopic (exact) mass is 366 g/mol. The van der Waals surface area contributed by atoms with E-state index in [1.54, 1.807) is 4.90 Å². The van der Waals surface area contributed by atoms with Gasteiger partial charge in [-0.05, 0) is 36.8 Å². The summed E-state index contributed by atoms with van der Waals surface area (Å²) in [4.78, 5) is 36.2. The summed E-state index contributed by atoms with van der Waals surface area (Å²) in [6.07, 6.45) is 1.53. The number of nitro groups is 1. The Bertz CT molecular complexity index is 891. The highest BCUT2D eigenvalue weighted by atomic mass is 16.6. The molecule has 0 aromatic heterocycles. The summed E-state index contributed by atoms with van der Waals surface area (Å²) in [5.74, 6) is -0.915. The number of hydrazone groups is 1. The topological polar surface area (TPSA) is 105 Å². The van der Waals surface area contributed by atoms with Crippen molar-refractivity contribution in [1.82, 2.24) is 5.43 Å². The van der Waals surface area contributed by atoms with Crippen LogP contribution in [0.2, 0.25) is 0 Å². The molecular weight excluding hydrogens is 348 g/mol. The average molecular weight is 366 g/mol. The molecule has 1 N–H and O–H groups in total.